The highest BCUT2D eigenvalue weighted by Gasteiger charge is 2.14. The van der Waals surface area contributed by atoms with Crippen molar-refractivity contribution in [3.8, 4) is 0 Å². The Balaban J connectivity index is 2.30. The van der Waals surface area contributed by atoms with Crippen molar-refractivity contribution in [2.75, 3.05) is 11.1 Å². The van der Waals surface area contributed by atoms with Crippen LogP contribution in [-0.4, -0.2) is 10.9 Å². The molecule has 0 spiro atoms. The van der Waals surface area contributed by atoms with Gasteiger partial charge in [-0.15, -0.1) is 0 Å². The van der Waals surface area contributed by atoms with Gasteiger partial charge in [0.25, 0.3) is 5.91 Å². The number of aromatic nitrogens is 1. The average Bonchev–Trinajstić information content (AvgIpc) is 2.35. The van der Waals surface area contributed by atoms with Crippen molar-refractivity contribution < 1.29 is 4.79 Å². The van der Waals surface area contributed by atoms with Crippen LogP contribution in [-0.2, 0) is 0 Å². The van der Waals surface area contributed by atoms with E-state index in [0.29, 0.717) is 11.4 Å². The number of carbonyl (C=O) groups excluding carboxylic acids is 1. The molecule has 0 saturated carbocycles. The molecular formula is C12H9Cl2N3O. The highest BCUT2D eigenvalue weighted by Crippen LogP contribution is 2.29. The van der Waals surface area contributed by atoms with E-state index in [9.17, 15) is 4.79 Å². The summed E-state index contributed by atoms with van der Waals surface area (Å²) < 4.78 is 0. The number of nitrogens with two attached hydrogens (primary N) is 1. The molecule has 1 amide bonds. The van der Waals surface area contributed by atoms with Gasteiger partial charge in [-0.05, 0) is 24.3 Å². The Bertz CT molecular complexity index is 587. The molecule has 4 nitrogen and oxygen atoms in total. The molecule has 92 valence electrons. The van der Waals surface area contributed by atoms with E-state index in [-0.39, 0.29) is 21.5 Å². The molecule has 1 aromatic heterocycles. The first-order chi connectivity index (χ1) is 8.58. The van der Waals surface area contributed by atoms with Crippen LogP contribution in [0.1, 0.15) is 10.4 Å². The van der Waals surface area contributed by atoms with Crippen LogP contribution in [0.3, 0.4) is 0 Å². The van der Waals surface area contributed by atoms with E-state index in [0.717, 1.165) is 0 Å². The van der Waals surface area contributed by atoms with Gasteiger partial charge in [-0.25, -0.2) is 0 Å². The number of carbonyl (C=O) groups is 1. The van der Waals surface area contributed by atoms with E-state index in [2.05, 4.69) is 10.3 Å². The Morgan fingerprint density at radius 1 is 1.33 bits per heavy atom. The van der Waals surface area contributed by atoms with Gasteiger partial charge in [-0.3, -0.25) is 9.78 Å². The quantitative estimate of drug-likeness (QED) is 0.831. The van der Waals surface area contributed by atoms with E-state index in [1.165, 1.54) is 18.3 Å². The van der Waals surface area contributed by atoms with Crippen LogP contribution in [0.2, 0.25) is 10.0 Å². The van der Waals surface area contributed by atoms with Crippen molar-refractivity contribution in [2.45, 2.75) is 0 Å². The zero-order valence-electron chi connectivity index (χ0n) is 9.15. The molecule has 1 heterocycles. The molecule has 1 aromatic carbocycles. The predicted molar refractivity (Wildman–Crippen MR) is 73.1 cm³/mol. The lowest BCUT2D eigenvalue weighted by Crippen LogP contribution is -2.13. The standard InChI is InChI=1S/C12H9Cl2N3O/c13-10-5-7(15)4-9(11(10)14)12(18)17-8-2-1-3-16-6-8/h1-6H,15H2,(H,17,18). The molecule has 0 fully saturated rings. The summed E-state index contributed by atoms with van der Waals surface area (Å²) in [6, 6.07) is 6.39. The Morgan fingerprint density at radius 3 is 2.78 bits per heavy atom. The number of rotatable bonds is 2. The summed E-state index contributed by atoms with van der Waals surface area (Å²) in [5.74, 6) is -0.387. The maximum absolute atomic E-state index is 12.0. The van der Waals surface area contributed by atoms with Crippen LogP contribution in [0.5, 0.6) is 0 Å². The number of nitrogens with one attached hydrogen (secondary N) is 1. The number of hydrogen-bond acceptors (Lipinski definition) is 3. The Kier molecular flexibility index (Phi) is 3.69. The van der Waals surface area contributed by atoms with Gasteiger partial charge in [-0.1, -0.05) is 23.2 Å². The summed E-state index contributed by atoms with van der Waals surface area (Å²) in [6.07, 6.45) is 3.14. The van der Waals surface area contributed by atoms with Gasteiger partial charge in [0, 0.05) is 11.9 Å². The molecule has 0 atom stereocenters. The number of anilines is 2. The molecular weight excluding hydrogens is 273 g/mol. The number of nitrogen functional groups attached to an aromatic ring is 1. The minimum Gasteiger partial charge on any atom is -0.399 e. The fraction of sp³-hybridized carbons (Fsp3) is 0. The van der Waals surface area contributed by atoms with E-state index < -0.39 is 0 Å². The fourth-order valence-corrected chi connectivity index (χ4v) is 1.83. The van der Waals surface area contributed by atoms with Crippen LogP contribution < -0.4 is 11.1 Å². The molecule has 0 bridgehead atoms. The van der Waals surface area contributed by atoms with Gasteiger partial charge < -0.3 is 11.1 Å². The molecule has 0 unspecified atom stereocenters. The van der Waals surface area contributed by atoms with Gasteiger partial charge in [0.15, 0.2) is 0 Å². The minimum absolute atomic E-state index is 0.173. The lowest BCUT2D eigenvalue weighted by Gasteiger charge is -2.08. The van der Waals surface area contributed by atoms with Crippen LogP contribution in [0.4, 0.5) is 11.4 Å². The predicted octanol–water partition coefficient (Wildman–Crippen LogP) is 3.22. The lowest BCUT2D eigenvalue weighted by molar-refractivity contribution is 0.102. The van der Waals surface area contributed by atoms with E-state index >= 15 is 0 Å². The number of halogens is 2. The Morgan fingerprint density at radius 2 is 2.11 bits per heavy atom. The van der Waals surface area contributed by atoms with E-state index in [4.69, 9.17) is 28.9 Å². The summed E-state index contributed by atoms with van der Waals surface area (Å²) in [6.45, 7) is 0. The Hall–Kier alpha value is -1.78. The highest BCUT2D eigenvalue weighted by molar-refractivity contribution is 6.44. The Labute approximate surface area is 114 Å². The first-order valence-electron chi connectivity index (χ1n) is 5.04. The summed E-state index contributed by atoms with van der Waals surface area (Å²) >= 11 is 11.8. The second-order valence-corrected chi connectivity index (χ2v) is 4.35. The molecule has 3 N–H and O–H groups in total. The second kappa shape index (κ2) is 5.25. The lowest BCUT2D eigenvalue weighted by atomic mass is 10.2. The first kappa shape index (κ1) is 12.7. The second-order valence-electron chi connectivity index (χ2n) is 3.56. The largest absolute Gasteiger partial charge is 0.399 e. The fourth-order valence-electron chi connectivity index (χ4n) is 1.41. The third-order valence-electron chi connectivity index (χ3n) is 2.21. The molecule has 6 heteroatoms. The van der Waals surface area contributed by atoms with Crippen LogP contribution in [0.25, 0.3) is 0 Å². The number of amides is 1. The van der Waals surface area contributed by atoms with Crippen LogP contribution >= 0.6 is 23.2 Å². The van der Waals surface area contributed by atoms with Crippen LogP contribution in [0, 0.1) is 0 Å². The SMILES string of the molecule is Nc1cc(Cl)c(Cl)c(C(=O)Nc2cccnc2)c1. The maximum atomic E-state index is 12.0. The van der Waals surface area contributed by atoms with Crippen molar-refractivity contribution in [1.82, 2.24) is 4.98 Å². The average molecular weight is 282 g/mol. The normalized spacial score (nSPS) is 10.1. The number of pyridine rings is 1. The number of nitrogens with zero attached hydrogens (tertiary/aromatic N) is 1. The molecule has 0 radical (unpaired) electrons. The monoisotopic (exact) mass is 281 g/mol. The zero-order chi connectivity index (χ0) is 13.1. The summed E-state index contributed by atoms with van der Waals surface area (Å²) in [4.78, 5) is 15.9. The molecule has 0 aliphatic carbocycles. The van der Waals surface area contributed by atoms with Crippen molar-refractivity contribution >= 4 is 40.5 Å². The van der Waals surface area contributed by atoms with Gasteiger partial charge >= 0.3 is 0 Å². The van der Waals surface area contributed by atoms with Gasteiger partial charge in [0.1, 0.15) is 0 Å². The molecule has 2 aromatic rings. The zero-order valence-corrected chi connectivity index (χ0v) is 10.7. The first-order valence-corrected chi connectivity index (χ1v) is 5.79. The van der Waals surface area contributed by atoms with Crippen molar-refractivity contribution in [1.29, 1.82) is 0 Å². The smallest absolute Gasteiger partial charge is 0.257 e. The topological polar surface area (TPSA) is 68.0 Å². The highest BCUT2D eigenvalue weighted by atomic mass is 35.5. The summed E-state index contributed by atoms with van der Waals surface area (Å²) in [7, 11) is 0. The number of benzene rings is 1. The third-order valence-corrected chi connectivity index (χ3v) is 3.02. The summed E-state index contributed by atoms with van der Waals surface area (Å²) in [5, 5.41) is 3.07. The van der Waals surface area contributed by atoms with Crippen LogP contribution in [0.15, 0.2) is 36.7 Å². The van der Waals surface area contributed by atoms with E-state index in [1.54, 1.807) is 18.3 Å². The number of hydrogen-bond donors (Lipinski definition) is 2. The molecule has 0 saturated heterocycles. The molecule has 0 aliphatic heterocycles. The van der Waals surface area contributed by atoms with Gasteiger partial charge in [0.2, 0.25) is 0 Å². The van der Waals surface area contributed by atoms with Crippen molar-refractivity contribution in [2.24, 2.45) is 0 Å². The molecule has 18 heavy (non-hydrogen) atoms. The van der Waals surface area contributed by atoms with Gasteiger partial charge in [-0.2, -0.15) is 0 Å². The van der Waals surface area contributed by atoms with E-state index in [1.807, 2.05) is 0 Å². The van der Waals surface area contributed by atoms with Crippen molar-refractivity contribution in [3.05, 3.63) is 52.3 Å². The molecule has 2 rings (SSSR count). The summed E-state index contributed by atoms with van der Waals surface area (Å²) in [5.41, 5.74) is 6.79. The minimum atomic E-state index is -0.387. The van der Waals surface area contributed by atoms with Crippen molar-refractivity contribution in [3.63, 3.8) is 0 Å². The third kappa shape index (κ3) is 2.72. The van der Waals surface area contributed by atoms with Gasteiger partial charge in [0.05, 0.1) is 27.5 Å². The maximum Gasteiger partial charge on any atom is 0.257 e. The molecule has 0 aliphatic rings.